The highest BCUT2D eigenvalue weighted by molar-refractivity contribution is 5.91. The molecule has 5 rings (SSSR count). The first-order valence-electron chi connectivity index (χ1n) is 13.1. The maximum atomic E-state index is 9.82. The van der Waals surface area contributed by atoms with E-state index >= 15 is 0 Å². The number of aromatic nitrogens is 7. The summed E-state index contributed by atoms with van der Waals surface area (Å²) in [4.78, 5) is 7.02. The number of H-pyrrole nitrogens is 1. The molecule has 0 spiro atoms. The highest BCUT2D eigenvalue weighted by Crippen LogP contribution is 2.33. The number of hydrogen-bond acceptors (Lipinski definition) is 8. The number of aliphatic hydroxyl groups excluding tert-OH is 1. The lowest BCUT2D eigenvalue weighted by Crippen LogP contribution is -2.42. The molecule has 5 heterocycles. The van der Waals surface area contributed by atoms with E-state index in [-0.39, 0.29) is 24.8 Å². The number of nitrogens with zero attached hydrogens (tertiary/aromatic N) is 7. The van der Waals surface area contributed by atoms with Crippen molar-refractivity contribution >= 4 is 23.1 Å². The van der Waals surface area contributed by atoms with Gasteiger partial charge in [-0.1, -0.05) is 0 Å². The fourth-order valence-electron chi connectivity index (χ4n) is 4.87. The second-order valence-electron chi connectivity index (χ2n) is 10.2. The summed E-state index contributed by atoms with van der Waals surface area (Å²) in [5.74, 6) is 1.21. The van der Waals surface area contributed by atoms with Crippen molar-refractivity contribution in [2.24, 2.45) is 7.05 Å². The molecule has 0 aliphatic carbocycles. The highest BCUT2D eigenvalue weighted by atomic mass is 16.5. The Morgan fingerprint density at radius 3 is 2.76 bits per heavy atom. The summed E-state index contributed by atoms with van der Waals surface area (Å²) < 4.78 is 16.1. The maximum Gasteiger partial charge on any atom is 0.240 e. The van der Waals surface area contributed by atoms with Crippen LogP contribution >= 0.6 is 0 Å². The number of aromatic amines is 1. The van der Waals surface area contributed by atoms with Gasteiger partial charge in [0, 0.05) is 31.1 Å². The van der Waals surface area contributed by atoms with Crippen molar-refractivity contribution in [3.05, 3.63) is 35.4 Å². The van der Waals surface area contributed by atoms with Crippen LogP contribution < -0.4 is 9.47 Å². The molecule has 1 aliphatic heterocycles. The van der Waals surface area contributed by atoms with Crippen LogP contribution in [-0.4, -0.2) is 76.2 Å². The number of nitrogens with one attached hydrogen (secondary N) is 1. The van der Waals surface area contributed by atoms with Crippen molar-refractivity contribution in [3.8, 4) is 23.0 Å². The number of ether oxygens (including phenoxy) is 2. The number of fused-ring (bicyclic) bond motifs is 4. The van der Waals surface area contributed by atoms with Crippen LogP contribution in [0.1, 0.15) is 51.6 Å². The quantitative estimate of drug-likeness (QED) is 0.410. The SMILES string of the molecule is CC(C)Oc1nn(CCO)c2c1/C=C/c1n[nH]c3cnc(cc13)-c1cnn(C)c1OC[C@H](C)N(C(C)C)C2. The number of pyridine rings is 1. The van der Waals surface area contributed by atoms with Crippen molar-refractivity contribution in [1.82, 2.24) is 39.6 Å². The van der Waals surface area contributed by atoms with Gasteiger partial charge in [0.15, 0.2) is 0 Å². The second-order valence-corrected chi connectivity index (χ2v) is 10.2. The first kappa shape index (κ1) is 25.9. The zero-order valence-corrected chi connectivity index (χ0v) is 22.8. The minimum Gasteiger partial charge on any atom is -0.476 e. The third-order valence-corrected chi connectivity index (χ3v) is 6.79. The molecule has 0 saturated heterocycles. The summed E-state index contributed by atoms with van der Waals surface area (Å²) in [6, 6.07) is 2.30. The number of aryl methyl sites for hydroxylation is 1. The van der Waals surface area contributed by atoms with Gasteiger partial charge >= 0.3 is 0 Å². The molecule has 0 aromatic carbocycles. The molecule has 11 nitrogen and oxygen atoms in total. The Balaban J connectivity index is 1.71. The molecule has 202 valence electrons. The molecule has 2 N–H and O–H groups in total. The zero-order chi connectivity index (χ0) is 27.0. The lowest BCUT2D eigenvalue weighted by atomic mass is 10.1. The van der Waals surface area contributed by atoms with Crippen molar-refractivity contribution in [2.45, 2.75) is 65.9 Å². The van der Waals surface area contributed by atoms with Gasteiger partial charge in [-0.25, -0.2) is 4.68 Å². The Bertz CT molecular complexity index is 1450. The van der Waals surface area contributed by atoms with E-state index in [0.29, 0.717) is 31.5 Å². The molecular formula is C27H36N8O3. The summed E-state index contributed by atoms with van der Waals surface area (Å²) >= 11 is 0. The summed E-state index contributed by atoms with van der Waals surface area (Å²) in [6.45, 7) is 11.9. The predicted octanol–water partition coefficient (Wildman–Crippen LogP) is 3.50. The maximum absolute atomic E-state index is 9.82. The normalized spacial score (nSPS) is 17.3. The monoisotopic (exact) mass is 520 g/mol. The van der Waals surface area contributed by atoms with Crippen LogP contribution in [0.25, 0.3) is 34.3 Å². The van der Waals surface area contributed by atoms with E-state index < -0.39 is 0 Å². The van der Waals surface area contributed by atoms with Gasteiger partial charge in [0.1, 0.15) is 6.61 Å². The zero-order valence-electron chi connectivity index (χ0n) is 22.8. The van der Waals surface area contributed by atoms with E-state index in [1.165, 1.54) is 0 Å². The average Bonchev–Trinajstić information content (AvgIpc) is 3.54. The molecular weight excluding hydrogens is 484 g/mol. The molecule has 11 heteroatoms. The van der Waals surface area contributed by atoms with Gasteiger partial charge in [-0.3, -0.25) is 19.7 Å². The van der Waals surface area contributed by atoms with E-state index in [9.17, 15) is 5.11 Å². The van der Waals surface area contributed by atoms with Crippen molar-refractivity contribution in [3.63, 3.8) is 0 Å². The Labute approximate surface area is 222 Å². The van der Waals surface area contributed by atoms with Gasteiger partial charge in [0.05, 0.1) is 65.4 Å². The van der Waals surface area contributed by atoms with Gasteiger partial charge < -0.3 is 14.6 Å². The third kappa shape index (κ3) is 4.91. The van der Waals surface area contributed by atoms with Gasteiger partial charge in [-0.15, -0.1) is 5.10 Å². The van der Waals surface area contributed by atoms with Crippen molar-refractivity contribution in [2.75, 3.05) is 13.2 Å². The largest absolute Gasteiger partial charge is 0.476 e. The minimum absolute atomic E-state index is 0.0255. The van der Waals surface area contributed by atoms with E-state index in [0.717, 1.165) is 39.1 Å². The molecule has 1 aliphatic rings. The summed E-state index contributed by atoms with van der Waals surface area (Å²) in [6.07, 6.45) is 7.51. The van der Waals surface area contributed by atoms with Crippen LogP contribution in [0, 0.1) is 0 Å². The topological polar surface area (TPSA) is 119 Å². The van der Waals surface area contributed by atoms with Gasteiger partial charge in [0.25, 0.3) is 0 Å². The molecule has 4 aromatic heterocycles. The van der Waals surface area contributed by atoms with Gasteiger partial charge in [-0.2, -0.15) is 10.2 Å². The van der Waals surface area contributed by atoms with E-state index in [2.05, 4.69) is 46.0 Å². The van der Waals surface area contributed by atoms with E-state index in [1.807, 2.05) is 43.8 Å². The van der Waals surface area contributed by atoms with E-state index in [4.69, 9.17) is 14.6 Å². The Kier molecular flexibility index (Phi) is 7.22. The number of hydrogen-bond donors (Lipinski definition) is 2. The Morgan fingerprint density at radius 2 is 2.03 bits per heavy atom. The molecule has 0 fully saturated rings. The smallest absolute Gasteiger partial charge is 0.240 e. The van der Waals surface area contributed by atoms with Crippen molar-refractivity contribution < 1.29 is 14.6 Å². The molecule has 0 unspecified atom stereocenters. The van der Waals surface area contributed by atoms with Crippen LogP contribution in [0.15, 0.2) is 18.5 Å². The average molecular weight is 521 g/mol. The lowest BCUT2D eigenvalue weighted by Gasteiger charge is -2.33. The van der Waals surface area contributed by atoms with Crippen molar-refractivity contribution in [1.29, 1.82) is 0 Å². The molecule has 38 heavy (non-hydrogen) atoms. The fourth-order valence-corrected chi connectivity index (χ4v) is 4.87. The van der Waals surface area contributed by atoms with Crippen LogP contribution in [0.5, 0.6) is 11.8 Å². The molecule has 2 bridgehead atoms. The summed E-state index contributed by atoms with van der Waals surface area (Å²) in [7, 11) is 1.87. The van der Waals surface area contributed by atoms with Gasteiger partial charge in [0.2, 0.25) is 11.8 Å². The standard InChI is InChI=1S/C27H36N8O3/c1-16(2)34-14-25-19(26(38-17(3)4)32-35(25)9-10-36)7-8-22-20-11-23(28-13-24(20)31-30-22)21-12-29-33(6)27(21)37-15-18(34)5/h7-8,11-13,16-18,36H,9-10,14-15H2,1-6H3,(H,30,31)/b8-7+/t18-/m0/s1. The fraction of sp³-hybridized carbons (Fsp3) is 0.481. The minimum atomic E-state index is -0.0536. The summed E-state index contributed by atoms with van der Waals surface area (Å²) in [5, 5.41) is 27.6. The Hall–Kier alpha value is -3.70. The lowest BCUT2D eigenvalue weighted by molar-refractivity contribution is 0.102. The van der Waals surface area contributed by atoms with Crippen LogP contribution in [0.4, 0.5) is 0 Å². The predicted molar refractivity (Wildman–Crippen MR) is 146 cm³/mol. The van der Waals surface area contributed by atoms with Crippen LogP contribution in [0.3, 0.4) is 0 Å². The molecule has 0 saturated carbocycles. The summed E-state index contributed by atoms with van der Waals surface area (Å²) in [5.41, 5.74) is 5.04. The van der Waals surface area contributed by atoms with Gasteiger partial charge in [-0.05, 0) is 52.8 Å². The molecule has 0 radical (unpaired) electrons. The van der Waals surface area contributed by atoms with Crippen LogP contribution in [-0.2, 0) is 20.1 Å². The first-order valence-corrected chi connectivity index (χ1v) is 13.1. The first-order chi connectivity index (χ1) is 18.3. The Morgan fingerprint density at radius 1 is 1.21 bits per heavy atom. The third-order valence-electron chi connectivity index (χ3n) is 6.79. The number of aliphatic hydroxyl groups is 1. The highest BCUT2D eigenvalue weighted by Gasteiger charge is 2.26. The van der Waals surface area contributed by atoms with Crippen LogP contribution in [0.2, 0.25) is 0 Å². The van der Waals surface area contributed by atoms with E-state index in [1.54, 1.807) is 17.1 Å². The molecule has 0 amide bonds. The number of rotatable bonds is 5. The molecule has 1 atom stereocenters. The second kappa shape index (κ2) is 10.6. The molecule has 4 aromatic rings.